The largest absolute Gasteiger partial charge is 0.480 e. The number of hydrogen-bond acceptors (Lipinski definition) is 7. The zero-order valence-electron chi connectivity index (χ0n) is 15.7. The molecule has 11 heteroatoms. The van der Waals surface area contributed by atoms with Gasteiger partial charge in [-0.15, -0.1) is 0 Å². The molecule has 0 aliphatic carbocycles. The fourth-order valence-corrected chi connectivity index (χ4v) is 2.69. The molecule has 0 saturated carbocycles. The first-order valence-corrected chi connectivity index (χ1v) is 8.67. The van der Waals surface area contributed by atoms with E-state index in [0.29, 0.717) is 6.54 Å². The summed E-state index contributed by atoms with van der Waals surface area (Å²) in [5, 5.41) is 36.3. The van der Waals surface area contributed by atoms with E-state index in [2.05, 4.69) is 0 Å². The molecule has 0 radical (unpaired) electrons. The average Bonchev–Trinajstić information content (AvgIpc) is 2.54. The number of hydrogen-bond donors (Lipinski definition) is 4. The van der Waals surface area contributed by atoms with Crippen LogP contribution in [0.4, 0.5) is 0 Å². The van der Waals surface area contributed by atoms with E-state index in [1.54, 1.807) is 0 Å². The minimum Gasteiger partial charge on any atom is -0.480 e. The second kappa shape index (κ2) is 13.0. The fraction of sp³-hybridized carbons (Fsp3) is 0.750. The molecule has 0 spiro atoms. The van der Waals surface area contributed by atoms with Crippen molar-refractivity contribution in [3.8, 4) is 0 Å². The molecule has 0 rings (SSSR count). The Hall–Kier alpha value is -2.24. The van der Waals surface area contributed by atoms with Crippen molar-refractivity contribution in [1.82, 2.24) is 14.7 Å². The van der Waals surface area contributed by atoms with Crippen LogP contribution in [-0.4, -0.2) is 117 Å². The molecule has 1 atom stereocenters. The molecule has 0 aliphatic rings. The topological polar surface area (TPSA) is 159 Å². The minimum absolute atomic E-state index is 0.0813. The minimum atomic E-state index is -1.22. The van der Waals surface area contributed by atoms with Crippen LogP contribution in [0.5, 0.6) is 0 Å². The van der Waals surface area contributed by atoms with E-state index in [1.807, 2.05) is 18.7 Å². The zero-order chi connectivity index (χ0) is 21.0. The number of carboxylic acid groups (broad SMARTS) is 4. The number of rotatable bonds is 16. The fourth-order valence-electron chi connectivity index (χ4n) is 2.69. The van der Waals surface area contributed by atoms with Crippen molar-refractivity contribution in [2.75, 3.05) is 52.4 Å². The summed E-state index contributed by atoms with van der Waals surface area (Å²) in [6.07, 6.45) is 0.197. The molecular weight excluding hydrogens is 362 g/mol. The van der Waals surface area contributed by atoms with Gasteiger partial charge in [-0.05, 0) is 19.5 Å². The molecule has 0 heterocycles. The SMILES string of the molecule is CCN(CC)CCC(C(=O)O)N(CCN(CC(=O)O)CC(=O)O)CC(=O)O. The molecule has 0 aliphatic heterocycles. The third-order valence-corrected chi connectivity index (χ3v) is 4.10. The molecule has 4 N–H and O–H groups in total. The van der Waals surface area contributed by atoms with Gasteiger partial charge in [0.05, 0.1) is 19.6 Å². The number of aliphatic carboxylic acids is 4. The van der Waals surface area contributed by atoms with Crippen molar-refractivity contribution in [2.24, 2.45) is 0 Å². The van der Waals surface area contributed by atoms with E-state index in [-0.39, 0.29) is 19.5 Å². The maximum atomic E-state index is 11.7. The maximum Gasteiger partial charge on any atom is 0.320 e. The Bertz CT molecular complexity index is 494. The monoisotopic (exact) mass is 391 g/mol. The summed E-state index contributed by atoms with van der Waals surface area (Å²) in [7, 11) is 0. The van der Waals surface area contributed by atoms with Crippen LogP contribution in [0.2, 0.25) is 0 Å². The average molecular weight is 391 g/mol. The molecule has 156 valence electrons. The highest BCUT2D eigenvalue weighted by Crippen LogP contribution is 2.08. The number of nitrogens with zero attached hydrogens (tertiary/aromatic N) is 3. The van der Waals surface area contributed by atoms with Crippen molar-refractivity contribution >= 4 is 23.9 Å². The Labute approximate surface area is 157 Å². The molecule has 11 nitrogen and oxygen atoms in total. The summed E-state index contributed by atoms with van der Waals surface area (Å²) in [5.74, 6) is -4.84. The van der Waals surface area contributed by atoms with Gasteiger partial charge in [0.25, 0.3) is 0 Å². The normalized spacial score (nSPS) is 12.5. The molecular formula is C16H29N3O8. The first-order chi connectivity index (χ1) is 12.6. The van der Waals surface area contributed by atoms with Crippen molar-refractivity contribution < 1.29 is 39.6 Å². The smallest absolute Gasteiger partial charge is 0.320 e. The number of carboxylic acids is 4. The van der Waals surface area contributed by atoms with Crippen LogP contribution >= 0.6 is 0 Å². The second-order valence-electron chi connectivity index (χ2n) is 6.03. The molecule has 0 fully saturated rings. The van der Waals surface area contributed by atoms with Crippen LogP contribution in [-0.2, 0) is 19.2 Å². The second-order valence-corrected chi connectivity index (χ2v) is 6.03. The third-order valence-electron chi connectivity index (χ3n) is 4.10. The Morgan fingerprint density at radius 2 is 1.19 bits per heavy atom. The van der Waals surface area contributed by atoms with E-state index < -0.39 is 49.6 Å². The standard InChI is InChI=1S/C16H29N3O8/c1-3-17(4-2)6-5-12(16(26)27)19(11-15(24)25)8-7-18(9-13(20)21)10-14(22)23/h12H,3-11H2,1-2H3,(H,20,21)(H,22,23)(H,24,25)(H,26,27). The van der Waals surface area contributed by atoms with Crippen LogP contribution in [0.15, 0.2) is 0 Å². The molecule has 0 aromatic carbocycles. The Morgan fingerprint density at radius 1 is 0.704 bits per heavy atom. The van der Waals surface area contributed by atoms with Crippen LogP contribution in [0.1, 0.15) is 20.3 Å². The molecule has 1 unspecified atom stereocenters. The molecule has 0 aromatic rings. The van der Waals surface area contributed by atoms with Crippen LogP contribution in [0.25, 0.3) is 0 Å². The molecule has 0 amide bonds. The maximum absolute atomic E-state index is 11.7. The first-order valence-electron chi connectivity index (χ1n) is 8.67. The third kappa shape index (κ3) is 11.2. The van der Waals surface area contributed by atoms with Gasteiger partial charge in [0.2, 0.25) is 0 Å². The molecule has 0 aromatic heterocycles. The summed E-state index contributed by atoms with van der Waals surface area (Å²) >= 11 is 0. The molecule has 0 bridgehead atoms. The summed E-state index contributed by atoms with van der Waals surface area (Å²) < 4.78 is 0. The molecule has 27 heavy (non-hydrogen) atoms. The van der Waals surface area contributed by atoms with E-state index in [1.165, 1.54) is 4.90 Å². The summed E-state index contributed by atoms with van der Waals surface area (Å²) in [4.78, 5) is 48.9. The van der Waals surface area contributed by atoms with Gasteiger partial charge in [-0.25, -0.2) is 0 Å². The highest BCUT2D eigenvalue weighted by atomic mass is 16.4. The van der Waals surface area contributed by atoms with Gasteiger partial charge in [-0.2, -0.15) is 0 Å². The Kier molecular flexibility index (Phi) is 11.9. The van der Waals surface area contributed by atoms with Gasteiger partial charge in [0, 0.05) is 19.6 Å². The highest BCUT2D eigenvalue weighted by molar-refractivity contribution is 5.75. The number of carbonyl (C=O) groups is 4. The van der Waals surface area contributed by atoms with Gasteiger partial charge >= 0.3 is 23.9 Å². The van der Waals surface area contributed by atoms with E-state index in [9.17, 15) is 24.3 Å². The van der Waals surface area contributed by atoms with Gasteiger partial charge < -0.3 is 25.3 Å². The van der Waals surface area contributed by atoms with Crippen molar-refractivity contribution in [3.05, 3.63) is 0 Å². The Balaban J connectivity index is 5.15. The lowest BCUT2D eigenvalue weighted by molar-refractivity contribution is -0.148. The van der Waals surface area contributed by atoms with Crippen LogP contribution < -0.4 is 0 Å². The molecule has 0 saturated heterocycles. The van der Waals surface area contributed by atoms with E-state index in [4.69, 9.17) is 15.3 Å². The summed E-state index contributed by atoms with van der Waals surface area (Å²) in [6.45, 7) is 4.02. The first kappa shape index (κ1) is 24.8. The van der Waals surface area contributed by atoms with Gasteiger partial charge in [0.15, 0.2) is 0 Å². The van der Waals surface area contributed by atoms with E-state index in [0.717, 1.165) is 18.0 Å². The zero-order valence-corrected chi connectivity index (χ0v) is 15.7. The predicted octanol–water partition coefficient (Wildman–Crippen LogP) is -0.971. The van der Waals surface area contributed by atoms with Gasteiger partial charge in [0.1, 0.15) is 6.04 Å². The summed E-state index contributed by atoms with van der Waals surface area (Å²) in [6, 6.07) is -1.07. The van der Waals surface area contributed by atoms with Crippen molar-refractivity contribution in [1.29, 1.82) is 0 Å². The lowest BCUT2D eigenvalue weighted by Gasteiger charge is -2.31. The van der Waals surface area contributed by atoms with Gasteiger partial charge in [-0.1, -0.05) is 13.8 Å². The quantitative estimate of drug-likeness (QED) is 0.256. The Morgan fingerprint density at radius 3 is 1.56 bits per heavy atom. The lowest BCUT2D eigenvalue weighted by atomic mass is 10.1. The van der Waals surface area contributed by atoms with E-state index >= 15 is 0 Å². The van der Waals surface area contributed by atoms with Crippen molar-refractivity contribution in [2.45, 2.75) is 26.3 Å². The predicted molar refractivity (Wildman–Crippen MR) is 94.7 cm³/mol. The van der Waals surface area contributed by atoms with Crippen molar-refractivity contribution in [3.63, 3.8) is 0 Å². The van der Waals surface area contributed by atoms with Crippen LogP contribution in [0, 0.1) is 0 Å². The van der Waals surface area contributed by atoms with Crippen LogP contribution in [0.3, 0.4) is 0 Å². The van der Waals surface area contributed by atoms with Gasteiger partial charge in [-0.3, -0.25) is 29.0 Å². The summed E-state index contributed by atoms with van der Waals surface area (Å²) in [5.41, 5.74) is 0. The lowest BCUT2D eigenvalue weighted by Crippen LogP contribution is -2.49. The highest BCUT2D eigenvalue weighted by Gasteiger charge is 2.28.